The molecule has 0 aromatic carbocycles. The van der Waals surface area contributed by atoms with Crippen LogP contribution in [0.4, 0.5) is 0 Å². The number of thioether (sulfide) groups is 1. The molecule has 0 rings (SSSR count). The SMILES string of the molecule is C#CC(N)(CCSC)C(=O)OCC. The number of esters is 1. The van der Waals surface area contributed by atoms with Gasteiger partial charge in [-0.3, -0.25) is 0 Å². The maximum absolute atomic E-state index is 11.3. The second kappa shape index (κ2) is 5.90. The zero-order chi connectivity index (χ0) is 10.3. The highest BCUT2D eigenvalue weighted by molar-refractivity contribution is 7.98. The Balaban J connectivity index is 4.27. The Morgan fingerprint density at radius 2 is 2.38 bits per heavy atom. The van der Waals surface area contributed by atoms with E-state index in [0.717, 1.165) is 5.75 Å². The van der Waals surface area contributed by atoms with Crippen molar-refractivity contribution < 1.29 is 9.53 Å². The van der Waals surface area contributed by atoms with Gasteiger partial charge < -0.3 is 10.5 Å². The first-order chi connectivity index (χ1) is 6.10. The molecule has 0 aliphatic heterocycles. The quantitative estimate of drug-likeness (QED) is 0.523. The van der Waals surface area contributed by atoms with Crippen molar-refractivity contribution in [3.63, 3.8) is 0 Å². The molecule has 0 amide bonds. The van der Waals surface area contributed by atoms with Gasteiger partial charge in [0.25, 0.3) is 0 Å². The van der Waals surface area contributed by atoms with Crippen LogP contribution in [0.2, 0.25) is 0 Å². The lowest BCUT2D eigenvalue weighted by Crippen LogP contribution is -2.48. The van der Waals surface area contributed by atoms with Gasteiger partial charge in [0.2, 0.25) is 0 Å². The second-order valence-corrected chi connectivity index (χ2v) is 3.56. The molecule has 0 heterocycles. The molecule has 0 saturated carbocycles. The van der Waals surface area contributed by atoms with Crippen LogP contribution >= 0.6 is 11.8 Å². The van der Waals surface area contributed by atoms with E-state index in [9.17, 15) is 4.79 Å². The predicted octanol–water partition coefficient (Wildman–Crippen LogP) is 0.633. The molecule has 4 heteroatoms. The fourth-order valence-corrected chi connectivity index (χ4v) is 1.28. The number of hydrogen-bond acceptors (Lipinski definition) is 4. The normalized spacial score (nSPS) is 14.3. The number of hydrogen-bond donors (Lipinski definition) is 1. The van der Waals surface area contributed by atoms with Crippen LogP contribution in [-0.4, -0.2) is 30.1 Å². The van der Waals surface area contributed by atoms with Crippen LogP contribution in [0.3, 0.4) is 0 Å². The van der Waals surface area contributed by atoms with Gasteiger partial charge in [0.05, 0.1) is 6.61 Å². The van der Waals surface area contributed by atoms with Gasteiger partial charge in [-0.25, -0.2) is 4.79 Å². The third-order valence-electron chi connectivity index (χ3n) is 1.60. The van der Waals surface area contributed by atoms with E-state index in [2.05, 4.69) is 5.92 Å². The van der Waals surface area contributed by atoms with Gasteiger partial charge in [-0.15, -0.1) is 6.42 Å². The van der Waals surface area contributed by atoms with Crippen LogP contribution in [0.1, 0.15) is 13.3 Å². The Kier molecular flexibility index (Phi) is 5.60. The molecule has 1 atom stereocenters. The second-order valence-electron chi connectivity index (χ2n) is 2.58. The zero-order valence-electron chi connectivity index (χ0n) is 8.00. The average molecular weight is 201 g/mol. The summed E-state index contributed by atoms with van der Waals surface area (Å²) in [5.41, 5.74) is 4.44. The van der Waals surface area contributed by atoms with Gasteiger partial charge in [-0.05, 0) is 25.4 Å². The molecule has 2 N–H and O–H groups in total. The molecule has 0 fully saturated rings. The third-order valence-corrected chi connectivity index (χ3v) is 2.21. The van der Waals surface area contributed by atoms with E-state index in [-0.39, 0.29) is 0 Å². The lowest BCUT2D eigenvalue weighted by molar-refractivity contribution is -0.147. The van der Waals surface area contributed by atoms with Crippen molar-refractivity contribution in [2.75, 3.05) is 18.6 Å². The maximum atomic E-state index is 11.3. The van der Waals surface area contributed by atoms with Crippen LogP contribution in [0, 0.1) is 12.3 Å². The van der Waals surface area contributed by atoms with Crippen molar-refractivity contribution >= 4 is 17.7 Å². The highest BCUT2D eigenvalue weighted by atomic mass is 32.2. The Hall–Kier alpha value is -0.660. The molecular weight excluding hydrogens is 186 g/mol. The van der Waals surface area contributed by atoms with Gasteiger partial charge in [-0.1, -0.05) is 5.92 Å². The minimum atomic E-state index is -1.25. The predicted molar refractivity (Wildman–Crippen MR) is 55.4 cm³/mol. The summed E-state index contributed by atoms with van der Waals surface area (Å²) in [6, 6.07) is 0. The van der Waals surface area contributed by atoms with Crippen LogP contribution in [-0.2, 0) is 9.53 Å². The van der Waals surface area contributed by atoms with E-state index in [0.29, 0.717) is 13.0 Å². The van der Waals surface area contributed by atoms with Gasteiger partial charge in [0, 0.05) is 0 Å². The van der Waals surface area contributed by atoms with E-state index in [1.54, 1.807) is 18.7 Å². The van der Waals surface area contributed by atoms with E-state index in [4.69, 9.17) is 16.9 Å². The fourth-order valence-electron chi connectivity index (χ4n) is 0.756. The number of rotatable bonds is 5. The highest BCUT2D eigenvalue weighted by Crippen LogP contribution is 2.11. The summed E-state index contributed by atoms with van der Waals surface area (Å²) >= 11 is 1.60. The molecule has 0 spiro atoms. The van der Waals surface area contributed by atoms with Crippen LogP contribution in [0.15, 0.2) is 0 Å². The minimum absolute atomic E-state index is 0.304. The van der Waals surface area contributed by atoms with Crippen LogP contribution in [0.5, 0.6) is 0 Å². The Bertz CT molecular complexity index is 212. The van der Waals surface area contributed by atoms with Crippen molar-refractivity contribution in [2.45, 2.75) is 18.9 Å². The number of ether oxygens (including phenoxy) is 1. The van der Waals surface area contributed by atoms with E-state index in [1.807, 2.05) is 6.26 Å². The first-order valence-electron chi connectivity index (χ1n) is 4.03. The van der Waals surface area contributed by atoms with Crippen molar-refractivity contribution in [3.8, 4) is 12.3 Å². The molecular formula is C9H15NO2S. The molecule has 0 aliphatic carbocycles. The highest BCUT2D eigenvalue weighted by Gasteiger charge is 2.32. The van der Waals surface area contributed by atoms with Crippen LogP contribution in [0.25, 0.3) is 0 Å². The Morgan fingerprint density at radius 1 is 1.77 bits per heavy atom. The number of carbonyl (C=O) groups is 1. The standard InChI is InChI=1S/C9H15NO2S/c1-4-9(10,6-7-13-3)8(11)12-5-2/h1H,5-7,10H2,2-3H3. The summed E-state index contributed by atoms with van der Waals surface area (Å²) < 4.78 is 4.78. The van der Waals surface area contributed by atoms with Crippen LogP contribution < -0.4 is 5.73 Å². The molecule has 74 valence electrons. The number of carbonyl (C=O) groups excluding carboxylic acids is 1. The minimum Gasteiger partial charge on any atom is -0.464 e. The van der Waals surface area contributed by atoms with E-state index < -0.39 is 11.5 Å². The zero-order valence-corrected chi connectivity index (χ0v) is 8.82. The molecule has 0 radical (unpaired) electrons. The smallest absolute Gasteiger partial charge is 0.338 e. The molecule has 3 nitrogen and oxygen atoms in total. The monoisotopic (exact) mass is 201 g/mol. The topological polar surface area (TPSA) is 52.3 Å². The van der Waals surface area contributed by atoms with E-state index >= 15 is 0 Å². The fraction of sp³-hybridized carbons (Fsp3) is 0.667. The molecule has 0 saturated heterocycles. The first kappa shape index (κ1) is 12.3. The van der Waals surface area contributed by atoms with Gasteiger partial charge in [-0.2, -0.15) is 11.8 Å². The van der Waals surface area contributed by atoms with Crippen molar-refractivity contribution in [1.29, 1.82) is 0 Å². The van der Waals surface area contributed by atoms with E-state index in [1.165, 1.54) is 0 Å². The third kappa shape index (κ3) is 3.71. The molecule has 0 aromatic heterocycles. The average Bonchev–Trinajstić information content (AvgIpc) is 2.14. The maximum Gasteiger partial charge on any atom is 0.338 e. The van der Waals surface area contributed by atoms with Gasteiger partial charge in [0.1, 0.15) is 0 Å². The van der Waals surface area contributed by atoms with Gasteiger partial charge >= 0.3 is 5.97 Å². The van der Waals surface area contributed by atoms with Crippen molar-refractivity contribution in [2.24, 2.45) is 5.73 Å². The van der Waals surface area contributed by atoms with Crippen molar-refractivity contribution in [3.05, 3.63) is 0 Å². The molecule has 0 bridgehead atoms. The van der Waals surface area contributed by atoms with Crippen molar-refractivity contribution in [1.82, 2.24) is 0 Å². The summed E-state index contributed by atoms with van der Waals surface area (Å²) in [6.07, 6.45) is 7.57. The molecule has 1 unspecified atom stereocenters. The number of terminal acetylenes is 1. The lowest BCUT2D eigenvalue weighted by Gasteiger charge is -2.20. The molecule has 0 aliphatic rings. The summed E-state index contributed by atoms with van der Waals surface area (Å²) in [6.45, 7) is 2.03. The Morgan fingerprint density at radius 3 is 2.77 bits per heavy atom. The largest absolute Gasteiger partial charge is 0.464 e. The molecule has 0 aromatic rings. The van der Waals surface area contributed by atoms with Gasteiger partial charge in [0.15, 0.2) is 5.54 Å². The summed E-state index contributed by atoms with van der Waals surface area (Å²) in [4.78, 5) is 11.3. The molecule has 13 heavy (non-hydrogen) atoms. The summed E-state index contributed by atoms with van der Waals surface area (Å²) in [5.74, 6) is 2.53. The Labute approximate surface area is 83.4 Å². The lowest BCUT2D eigenvalue weighted by atomic mass is 9.99. The first-order valence-corrected chi connectivity index (χ1v) is 5.43. The summed E-state index contributed by atoms with van der Waals surface area (Å²) in [5, 5.41) is 0. The summed E-state index contributed by atoms with van der Waals surface area (Å²) in [7, 11) is 0. The number of nitrogens with two attached hydrogens (primary N) is 1.